The highest BCUT2D eigenvalue weighted by Crippen LogP contribution is 2.26. The van der Waals surface area contributed by atoms with Gasteiger partial charge in [-0.15, -0.1) is 0 Å². The second-order valence-electron chi connectivity index (χ2n) is 4.51. The lowest BCUT2D eigenvalue weighted by Gasteiger charge is -2.20. The second-order valence-corrected chi connectivity index (χ2v) is 7.05. The first kappa shape index (κ1) is 15.4. The minimum Gasteiger partial charge on any atom is -0.494 e. The van der Waals surface area contributed by atoms with Gasteiger partial charge in [0.15, 0.2) is 26.2 Å². The van der Waals surface area contributed by atoms with Crippen molar-refractivity contribution in [1.82, 2.24) is 0 Å². The highest BCUT2D eigenvalue weighted by Gasteiger charge is 2.42. The number of rotatable bonds is 5. The van der Waals surface area contributed by atoms with Gasteiger partial charge >= 0.3 is 5.97 Å². The Hall–Kier alpha value is -1.63. The summed E-state index contributed by atoms with van der Waals surface area (Å²) in [4.78, 5) is 11.0. The van der Waals surface area contributed by atoms with Crippen LogP contribution in [-0.2, 0) is 20.4 Å². The zero-order valence-corrected chi connectivity index (χ0v) is 11.6. The van der Waals surface area contributed by atoms with Gasteiger partial charge < -0.3 is 9.84 Å². The molecule has 0 heterocycles. The molecule has 0 saturated carbocycles. The van der Waals surface area contributed by atoms with Crippen molar-refractivity contribution < 1.29 is 27.4 Å². The van der Waals surface area contributed by atoms with E-state index in [0.717, 1.165) is 13.8 Å². The van der Waals surface area contributed by atoms with Gasteiger partial charge in [0.1, 0.15) is 0 Å². The van der Waals surface area contributed by atoms with Crippen molar-refractivity contribution in [1.29, 1.82) is 0 Å². The van der Waals surface area contributed by atoms with Crippen LogP contribution in [0.3, 0.4) is 0 Å². The molecule has 0 saturated heterocycles. The summed E-state index contributed by atoms with van der Waals surface area (Å²) in [6.07, 6.45) is 0. The largest absolute Gasteiger partial charge is 0.494 e. The average Bonchev–Trinajstić information content (AvgIpc) is 2.31. The molecule has 0 amide bonds. The van der Waals surface area contributed by atoms with Crippen LogP contribution in [0.25, 0.3) is 0 Å². The molecule has 1 rings (SSSR count). The third-order valence-corrected chi connectivity index (χ3v) is 5.32. The van der Waals surface area contributed by atoms with Gasteiger partial charge in [0, 0.05) is 5.56 Å². The van der Waals surface area contributed by atoms with Crippen molar-refractivity contribution in [3.8, 4) is 5.75 Å². The van der Waals surface area contributed by atoms with E-state index in [2.05, 4.69) is 0 Å². The molecule has 0 atom stereocenters. The van der Waals surface area contributed by atoms with Crippen molar-refractivity contribution >= 4 is 15.8 Å². The quantitative estimate of drug-likeness (QED) is 0.891. The highest BCUT2D eigenvalue weighted by molar-refractivity contribution is 7.92. The first-order valence-electron chi connectivity index (χ1n) is 5.40. The number of ether oxygens (including phenoxy) is 1. The Morgan fingerprint density at radius 2 is 2.00 bits per heavy atom. The van der Waals surface area contributed by atoms with E-state index < -0.39 is 32.1 Å². The lowest BCUT2D eigenvalue weighted by Crippen LogP contribution is -2.41. The number of carbonyl (C=O) groups is 1. The van der Waals surface area contributed by atoms with Crippen LogP contribution in [0.4, 0.5) is 4.39 Å². The van der Waals surface area contributed by atoms with Gasteiger partial charge in [0.05, 0.1) is 12.9 Å². The Labute approximate surface area is 110 Å². The topological polar surface area (TPSA) is 80.7 Å². The number of aliphatic carboxylic acids is 1. The van der Waals surface area contributed by atoms with E-state index in [0.29, 0.717) is 0 Å². The van der Waals surface area contributed by atoms with E-state index in [1.807, 2.05) is 0 Å². The zero-order chi connectivity index (χ0) is 14.8. The summed E-state index contributed by atoms with van der Waals surface area (Å²) in [7, 11) is -2.79. The maximum Gasteiger partial charge on any atom is 0.324 e. The highest BCUT2D eigenvalue weighted by atomic mass is 32.2. The summed E-state index contributed by atoms with van der Waals surface area (Å²) in [6, 6.07) is 4.08. The first-order valence-corrected chi connectivity index (χ1v) is 7.06. The predicted octanol–water partition coefficient (Wildman–Crippen LogP) is 1.61. The van der Waals surface area contributed by atoms with Crippen molar-refractivity contribution in [2.75, 3.05) is 7.11 Å². The Morgan fingerprint density at radius 3 is 2.47 bits per heavy atom. The molecule has 0 aromatic heterocycles. The smallest absolute Gasteiger partial charge is 0.324 e. The van der Waals surface area contributed by atoms with E-state index in [9.17, 15) is 17.6 Å². The van der Waals surface area contributed by atoms with E-state index in [1.165, 1.54) is 25.3 Å². The Morgan fingerprint density at radius 1 is 1.42 bits per heavy atom. The van der Waals surface area contributed by atoms with Gasteiger partial charge in [-0.2, -0.15) is 0 Å². The number of carboxylic acid groups (broad SMARTS) is 1. The Kier molecular flexibility index (Phi) is 4.19. The molecule has 0 aliphatic heterocycles. The molecular formula is C12H15FO5S. The normalized spacial score (nSPS) is 12.2. The Bertz CT molecular complexity index is 592. The minimum absolute atomic E-state index is 0.0826. The summed E-state index contributed by atoms with van der Waals surface area (Å²) >= 11 is 0. The lowest BCUT2D eigenvalue weighted by atomic mass is 10.2. The molecule has 0 unspecified atom stereocenters. The fraction of sp³-hybridized carbons (Fsp3) is 0.417. The molecule has 0 fully saturated rings. The average molecular weight is 290 g/mol. The molecule has 0 spiro atoms. The molecule has 1 aromatic carbocycles. The van der Waals surface area contributed by atoms with Crippen LogP contribution in [-0.4, -0.2) is 31.4 Å². The van der Waals surface area contributed by atoms with Crippen LogP contribution in [0.5, 0.6) is 5.75 Å². The SMILES string of the molecule is COc1cccc(CS(=O)(=O)C(C)(C)C(=O)O)c1F. The maximum atomic E-state index is 13.9. The van der Waals surface area contributed by atoms with Gasteiger partial charge in [-0.3, -0.25) is 4.79 Å². The molecule has 0 radical (unpaired) electrons. The third-order valence-electron chi connectivity index (χ3n) is 2.90. The first-order chi connectivity index (χ1) is 8.63. The number of halogens is 1. The monoisotopic (exact) mass is 290 g/mol. The summed E-state index contributed by atoms with van der Waals surface area (Å²) < 4.78 is 40.7. The number of methoxy groups -OCH3 is 1. The zero-order valence-electron chi connectivity index (χ0n) is 10.8. The second kappa shape index (κ2) is 5.16. The number of hydrogen-bond acceptors (Lipinski definition) is 4. The van der Waals surface area contributed by atoms with Crippen LogP contribution >= 0.6 is 0 Å². The molecule has 1 N–H and O–H groups in total. The molecule has 0 aliphatic rings. The predicted molar refractivity (Wildman–Crippen MR) is 67.3 cm³/mol. The fourth-order valence-electron chi connectivity index (χ4n) is 1.34. The number of hydrogen-bond donors (Lipinski definition) is 1. The van der Waals surface area contributed by atoms with E-state index >= 15 is 0 Å². The summed E-state index contributed by atoms with van der Waals surface area (Å²) in [6.45, 7) is 2.14. The van der Waals surface area contributed by atoms with Gasteiger partial charge in [-0.05, 0) is 19.9 Å². The van der Waals surface area contributed by atoms with Crippen LogP contribution < -0.4 is 4.74 Å². The van der Waals surface area contributed by atoms with Gasteiger partial charge in [0.25, 0.3) is 0 Å². The van der Waals surface area contributed by atoms with Crippen LogP contribution in [0.15, 0.2) is 18.2 Å². The van der Waals surface area contributed by atoms with E-state index in [-0.39, 0.29) is 11.3 Å². The van der Waals surface area contributed by atoms with Crippen molar-refractivity contribution in [2.24, 2.45) is 0 Å². The third kappa shape index (κ3) is 2.86. The minimum atomic E-state index is -4.05. The van der Waals surface area contributed by atoms with Gasteiger partial charge in [0.2, 0.25) is 0 Å². The van der Waals surface area contributed by atoms with Crippen molar-refractivity contribution in [3.05, 3.63) is 29.6 Å². The maximum absolute atomic E-state index is 13.9. The van der Waals surface area contributed by atoms with Gasteiger partial charge in [-0.1, -0.05) is 12.1 Å². The lowest BCUT2D eigenvalue weighted by molar-refractivity contribution is -0.139. The molecule has 19 heavy (non-hydrogen) atoms. The summed E-state index contributed by atoms with van der Waals surface area (Å²) in [5, 5.41) is 8.93. The van der Waals surface area contributed by atoms with Crippen molar-refractivity contribution in [2.45, 2.75) is 24.3 Å². The van der Waals surface area contributed by atoms with E-state index in [4.69, 9.17) is 9.84 Å². The van der Waals surface area contributed by atoms with Gasteiger partial charge in [-0.25, -0.2) is 12.8 Å². The number of sulfone groups is 1. The summed E-state index contributed by atoms with van der Waals surface area (Å²) in [5.74, 6) is -3.05. The van der Waals surface area contributed by atoms with Crippen LogP contribution in [0, 0.1) is 5.82 Å². The molecule has 0 aliphatic carbocycles. The number of benzene rings is 1. The summed E-state index contributed by atoms with van der Waals surface area (Å²) in [5.41, 5.74) is -0.117. The van der Waals surface area contributed by atoms with E-state index in [1.54, 1.807) is 0 Å². The molecule has 5 nitrogen and oxygen atoms in total. The van der Waals surface area contributed by atoms with Crippen molar-refractivity contribution in [3.63, 3.8) is 0 Å². The Balaban J connectivity index is 3.20. The van der Waals surface area contributed by atoms with Crippen LogP contribution in [0.1, 0.15) is 19.4 Å². The standard InChI is InChI=1S/C12H15FO5S/c1-12(2,11(14)15)19(16,17)7-8-5-4-6-9(18-3)10(8)13/h4-6H,7H2,1-3H3,(H,14,15). The molecular weight excluding hydrogens is 275 g/mol. The molecule has 106 valence electrons. The molecule has 7 heteroatoms. The number of carboxylic acids is 1. The molecule has 0 bridgehead atoms. The van der Waals surface area contributed by atoms with Crippen LogP contribution in [0.2, 0.25) is 0 Å². The fourth-order valence-corrected chi connectivity index (χ4v) is 2.60. The molecule has 1 aromatic rings.